The van der Waals surface area contributed by atoms with Gasteiger partial charge in [-0.25, -0.2) is 4.79 Å². The van der Waals surface area contributed by atoms with E-state index in [0.717, 1.165) is 11.3 Å². The first kappa shape index (κ1) is 18.8. The average Bonchev–Trinajstić information content (AvgIpc) is 2.82. The number of benzene rings is 1. The van der Waals surface area contributed by atoms with Crippen LogP contribution in [0.4, 0.5) is 0 Å². The van der Waals surface area contributed by atoms with E-state index in [1.807, 2.05) is 51.1 Å². The number of amides is 1. The Morgan fingerprint density at radius 2 is 1.76 bits per heavy atom. The van der Waals surface area contributed by atoms with Gasteiger partial charge in [0.1, 0.15) is 5.69 Å². The van der Waals surface area contributed by atoms with Crippen molar-refractivity contribution in [2.45, 2.75) is 34.2 Å². The van der Waals surface area contributed by atoms with Gasteiger partial charge in [-0.2, -0.15) is 0 Å². The topological polar surface area (TPSA) is 51.5 Å². The summed E-state index contributed by atoms with van der Waals surface area (Å²) in [6.07, 6.45) is 0. The summed E-state index contributed by atoms with van der Waals surface area (Å²) < 4.78 is 6.88. The van der Waals surface area contributed by atoms with E-state index in [4.69, 9.17) is 4.74 Å². The van der Waals surface area contributed by atoms with Crippen LogP contribution in [-0.4, -0.2) is 34.5 Å². The van der Waals surface area contributed by atoms with Gasteiger partial charge in [0.2, 0.25) is 0 Å². The highest BCUT2D eigenvalue weighted by Crippen LogP contribution is 2.24. The first-order valence-corrected chi connectivity index (χ1v) is 8.58. The van der Waals surface area contributed by atoms with Crippen LogP contribution < -0.4 is 0 Å². The van der Waals surface area contributed by atoms with E-state index >= 15 is 0 Å². The molecule has 25 heavy (non-hydrogen) atoms. The molecule has 0 aliphatic rings. The second kappa shape index (κ2) is 8.01. The van der Waals surface area contributed by atoms with Crippen LogP contribution >= 0.6 is 0 Å². The summed E-state index contributed by atoms with van der Waals surface area (Å²) in [7, 11) is 1.79. The Kier molecular flexibility index (Phi) is 6.02. The molecule has 1 amide bonds. The molecule has 0 N–H and O–H groups in total. The number of hydrogen-bond donors (Lipinski definition) is 0. The summed E-state index contributed by atoms with van der Waals surface area (Å²) in [5, 5.41) is 0. The van der Waals surface area contributed by atoms with Crippen molar-refractivity contribution in [1.82, 2.24) is 9.47 Å². The van der Waals surface area contributed by atoms with Crippen LogP contribution in [-0.2, 0) is 18.3 Å². The number of hydrogen-bond acceptors (Lipinski definition) is 3. The van der Waals surface area contributed by atoms with Gasteiger partial charge >= 0.3 is 5.97 Å². The molecule has 0 unspecified atom stereocenters. The monoisotopic (exact) mass is 342 g/mol. The van der Waals surface area contributed by atoms with Gasteiger partial charge in [0.25, 0.3) is 5.91 Å². The number of ether oxygens (including phenoxy) is 1. The van der Waals surface area contributed by atoms with Crippen LogP contribution in [0, 0.1) is 13.8 Å². The lowest BCUT2D eigenvalue weighted by Crippen LogP contribution is -2.31. The fraction of sp³-hybridized carbons (Fsp3) is 0.400. The Morgan fingerprint density at radius 3 is 2.32 bits per heavy atom. The fourth-order valence-electron chi connectivity index (χ4n) is 3.07. The molecule has 5 nitrogen and oxygen atoms in total. The van der Waals surface area contributed by atoms with Crippen molar-refractivity contribution in [3.63, 3.8) is 0 Å². The second-order valence-electron chi connectivity index (χ2n) is 6.02. The Bertz CT molecular complexity index is 763. The Morgan fingerprint density at radius 1 is 1.12 bits per heavy atom. The molecule has 2 rings (SSSR count). The standard InChI is InChI=1S/C20H26N2O3/c1-6-22(13-16-11-9-8-10-12-16)19(23)17-14(3)18(20(24)25-7-2)21(5)15(17)4/h8-12H,6-7,13H2,1-5H3. The number of nitrogens with zero attached hydrogens (tertiary/aromatic N) is 2. The summed E-state index contributed by atoms with van der Waals surface area (Å²) in [6.45, 7) is 8.84. The molecule has 134 valence electrons. The molecule has 2 aromatic rings. The van der Waals surface area contributed by atoms with E-state index in [0.29, 0.717) is 36.5 Å². The average molecular weight is 342 g/mol. The van der Waals surface area contributed by atoms with Crippen LogP contribution in [0.2, 0.25) is 0 Å². The van der Waals surface area contributed by atoms with Crippen molar-refractivity contribution >= 4 is 11.9 Å². The van der Waals surface area contributed by atoms with Gasteiger partial charge in [-0.1, -0.05) is 30.3 Å². The van der Waals surface area contributed by atoms with Gasteiger partial charge in [-0.15, -0.1) is 0 Å². The summed E-state index contributed by atoms with van der Waals surface area (Å²) in [5.41, 5.74) is 3.56. The molecule has 0 radical (unpaired) electrons. The molecule has 1 heterocycles. The summed E-state index contributed by atoms with van der Waals surface area (Å²) in [6, 6.07) is 9.89. The molecule has 0 bridgehead atoms. The normalized spacial score (nSPS) is 10.6. The molecule has 0 aliphatic carbocycles. The maximum atomic E-state index is 13.1. The van der Waals surface area contributed by atoms with Crippen molar-refractivity contribution in [2.75, 3.05) is 13.2 Å². The van der Waals surface area contributed by atoms with E-state index in [-0.39, 0.29) is 5.91 Å². The molecule has 0 saturated heterocycles. The molecule has 0 atom stereocenters. The third kappa shape index (κ3) is 3.76. The first-order chi connectivity index (χ1) is 11.9. The predicted molar refractivity (Wildman–Crippen MR) is 97.7 cm³/mol. The SMILES string of the molecule is CCOC(=O)c1c(C)c(C(=O)N(CC)Cc2ccccc2)c(C)n1C. The third-order valence-corrected chi connectivity index (χ3v) is 4.50. The van der Waals surface area contributed by atoms with E-state index in [9.17, 15) is 9.59 Å². The molecule has 0 spiro atoms. The van der Waals surface area contributed by atoms with E-state index in [1.165, 1.54) is 0 Å². The number of carbonyl (C=O) groups is 2. The Hall–Kier alpha value is -2.56. The van der Waals surface area contributed by atoms with Gasteiger partial charge in [0.05, 0.1) is 12.2 Å². The zero-order valence-electron chi connectivity index (χ0n) is 15.6. The smallest absolute Gasteiger partial charge is 0.355 e. The van der Waals surface area contributed by atoms with Gasteiger partial charge in [-0.3, -0.25) is 4.79 Å². The van der Waals surface area contributed by atoms with Crippen LogP contribution in [0.25, 0.3) is 0 Å². The lowest BCUT2D eigenvalue weighted by atomic mass is 10.1. The Balaban J connectivity index is 2.37. The third-order valence-electron chi connectivity index (χ3n) is 4.50. The highest BCUT2D eigenvalue weighted by Gasteiger charge is 2.28. The van der Waals surface area contributed by atoms with Gasteiger partial charge in [0.15, 0.2) is 0 Å². The minimum Gasteiger partial charge on any atom is -0.461 e. The first-order valence-electron chi connectivity index (χ1n) is 8.58. The van der Waals surface area contributed by atoms with Crippen molar-refractivity contribution in [2.24, 2.45) is 7.05 Å². The lowest BCUT2D eigenvalue weighted by molar-refractivity contribution is 0.0514. The van der Waals surface area contributed by atoms with Gasteiger partial charge in [0, 0.05) is 25.8 Å². The van der Waals surface area contributed by atoms with Crippen molar-refractivity contribution < 1.29 is 14.3 Å². The molecule has 0 fully saturated rings. The molecule has 0 aliphatic heterocycles. The minimum atomic E-state index is -0.393. The molecule has 5 heteroatoms. The quantitative estimate of drug-likeness (QED) is 0.755. The highest BCUT2D eigenvalue weighted by atomic mass is 16.5. The number of esters is 1. The van der Waals surface area contributed by atoms with Crippen LogP contribution in [0.3, 0.4) is 0 Å². The number of aromatic nitrogens is 1. The number of rotatable bonds is 6. The van der Waals surface area contributed by atoms with E-state index in [1.54, 1.807) is 23.4 Å². The zero-order valence-corrected chi connectivity index (χ0v) is 15.6. The van der Waals surface area contributed by atoms with Crippen LogP contribution in [0.5, 0.6) is 0 Å². The maximum Gasteiger partial charge on any atom is 0.355 e. The second-order valence-corrected chi connectivity index (χ2v) is 6.02. The predicted octanol–water partition coefficient (Wildman–Crippen LogP) is 3.48. The number of carbonyl (C=O) groups excluding carboxylic acids is 2. The molecule has 1 aromatic carbocycles. The lowest BCUT2D eigenvalue weighted by Gasteiger charge is -2.21. The summed E-state index contributed by atoms with van der Waals surface area (Å²) in [5.74, 6) is -0.455. The maximum absolute atomic E-state index is 13.1. The minimum absolute atomic E-state index is 0.0625. The molecule has 1 aromatic heterocycles. The van der Waals surface area contributed by atoms with Crippen LogP contribution in [0.15, 0.2) is 30.3 Å². The highest BCUT2D eigenvalue weighted by molar-refractivity contribution is 6.01. The fourth-order valence-corrected chi connectivity index (χ4v) is 3.07. The van der Waals surface area contributed by atoms with Crippen molar-refractivity contribution in [3.8, 4) is 0 Å². The zero-order chi connectivity index (χ0) is 18.6. The Labute approximate surface area is 149 Å². The van der Waals surface area contributed by atoms with Crippen molar-refractivity contribution in [3.05, 3.63) is 58.4 Å². The van der Waals surface area contributed by atoms with E-state index < -0.39 is 5.97 Å². The van der Waals surface area contributed by atoms with Crippen LogP contribution in [0.1, 0.15) is 51.5 Å². The molecule has 0 saturated carbocycles. The van der Waals surface area contributed by atoms with Gasteiger partial charge < -0.3 is 14.2 Å². The van der Waals surface area contributed by atoms with Crippen molar-refractivity contribution in [1.29, 1.82) is 0 Å². The molecular formula is C20H26N2O3. The largest absolute Gasteiger partial charge is 0.461 e. The van der Waals surface area contributed by atoms with E-state index in [2.05, 4.69) is 0 Å². The van der Waals surface area contributed by atoms with Gasteiger partial charge in [-0.05, 0) is 38.8 Å². The molecular weight excluding hydrogens is 316 g/mol. The summed E-state index contributed by atoms with van der Waals surface area (Å²) >= 11 is 0. The summed E-state index contributed by atoms with van der Waals surface area (Å²) in [4.78, 5) is 27.2.